The number of carbonyl (C=O) groups excluding carboxylic acids is 1. The number of likely N-dealkylation sites (N-methyl/N-ethyl adjacent to an activating group) is 1. The van der Waals surface area contributed by atoms with Gasteiger partial charge in [-0.25, -0.2) is 4.98 Å². The van der Waals surface area contributed by atoms with Crippen molar-refractivity contribution in [2.24, 2.45) is 0 Å². The van der Waals surface area contributed by atoms with Crippen molar-refractivity contribution in [3.63, 3.8) is 0 Å². The molecule has 0 unspecified atom stereocenters. The first-order valence-corrected chi connectivity index (χ1v) is 7.52. The zero-order valence-electron chi connectivity index (χ0n) is 11.9. The standard InChI is InChI=1S/C13H19N5OS/c1-4-18(5-2)10(19)8-15-11-9-6-7-20-12(9)17-13(14-3)16-11/h6-7H,4-5,8H2,1-3H3,(H2,14,15,16,17). The SMILES string of the molecule is CCN(CC)C(=O)CNc1nc(NC)nc2sccc12. The summed E-state index contributed by atoms with van der Waals surface area (Å²) in [6, 6.07) is 1.96. The molecule has 0 aliphatic heterocycles. The third-order valence-electron chi connectivity index (χ3n) is 3.07. The summed E-state index contributed by atoms with van der Waals surface area (Å²) in [5.41, 5.74) is 0. The van der Waals surface area contributed by atoms with Crippen LogP contribution in [-0.4, -0.2) is 47.5 Å². The maximum atomic E-state index is 12.0. The van der Waals surface area contributed by atoms with E-state index < -0.39 is 0 Å². The van der Waals surface area contributed by atoms with Crippen LogP contribution in [0.25, 0.3) is 10.2 Å². The normalized spacial score (nSPS) is 10.6. The van der Waals surface area contributed by atoms with Gasteiger partial charge in [0.25, 0.3) is 0 Å². The van der Waals surface area contributed by atoms with E-state index in [-0.39, 0.29) is 12.5 Å². The Morgan fingerprint density at radius 1 is 1.35 bits per heavy atom. The van der Waals surface area contributed by atoms with Crippen LogP contribution >= 0.6 is 11.3 Å². The molecule has 0 saturated heterocycles. The molecule has 0 aliphatic rings. The number of thiophene rings is 1. The van der Waals surface area contributed by atoms with Crippen LogP contribution in [0.2, 0.25) is 0 Å². The number of amides is 1. The number of carbonyl (C=O) groups is 1. The number of nitrogens with zero attached hydrogens (tertiary/aromatic N) is 3. The number of nitrogens with one attached hydrogen (secondary N) is 2. The number of hydrogen-bond acceptors (Lipinski definition) is 6. The Morgan fingerprint density at radius 3 is 2.75 bits per heavy atom. The summed E-state index contributed by atoms with van der Waals surface area (Å²) in [7, 11) is 1.78. The second-order valence-electron chi connectivity index (χ2n) is 4.20. The monoisotopic (exact) mass is 293 g/mol. The summed E-state index contributed by atoms with van der Waals surface area (Å²) in [6.07, 6.45) is 0. The molecule has 0 bridgehead atoms. The van der Waals surface area contributed by atoms with Gasteiger partial charge < -0.3 is 15.5 Å². The Balaban J connectivity index is 2.16. The highest BCUT2D eigenvalue weighted by Gasteiger charge is 2.12. The predicted molar refractivity (Wildman–Crippen MR) is 83.4 cm³/mol. The van der Waals surface area contributed by atoms with E-state index in [1.807, 2.05) is 25.3 Å². The minimum atomic E-state index is 0.0722. The van der Waals surface area contributed by atoms with E-state index in [1.165, 1.54) is 0 Å². The lowest BCUT2D eigenvalue weighted by Crippen LogP contribution is -2.35. The lowest BCUT2D eigenvalue weighted by atomic mass is 10.3. The van der Waals surface area contributed by atoms with Crippen molar-refractivity contribution < 1.29 is 4.79 Å². The molecule has 0 fully saturated rings. The van der Waals surface area contributed by atoms with Crippen molar-refractivity contribution in [2.45, 2.75) is 13.8 Å². The number of aromatic nitrogens is 2. The molecule has 2 aromatic heterocycles. The predicted octanol–water partition coefficient (Wildman–Crippen LogP) is 2.01. The zero-order chi connectivity index (χ0) is 14.5. The molecule has 2 rings (SSSR count). The number of rotatable bonds is 6. The van der Waals surface area contributed by atoms with E-state index in [0.29, 0.717) is 11.8 Å². The number of fused-ring (bicyclic) bond motifs is 1. The van der Waals surface area contributed by atoms with Gasteiger partial charge >= 0.3 is 0 Å². The molecule has 2 heterocycles. The lowest BCUT2D eigenvalue weighted by molar-refractivity contribution is -0.128. The maximum Gasteiger partial charge on any atom is 0.241 e. The quantitative estimate of drug-likeness (QED) is 0.852. The van der Waals surface area contributed by atoms with Crippen LogP contribution in [0.4, 0.5) is 11.8 Å². The highest BCUT2D eigenvalue weighted by atomic mass is 32.1. The molecule has 0 radical (unpaired) electrons. The van der Waals surface area contributed by atoms with Crippen LogP contribution in [0.5, 0.6) is 0 Å². The molecule has 1 amide bonds. The molecule has 7 heteroatoms. The Labute approximate surface area is 122 Å². The summed E-state index contributed by atoms with van der Waals surface area (Å²) in [5, 5.41) is 8.97. The van der Waals surface area contributed by atoms with Gasteiger partial charge in [0.2, 0.25) is 11.9 Å². The first kappa shape index (κ1) is 14.5. The van der Waals surface area contributed by atoms with E-state index in [9.17, 15) is 4.79 Å². The van der Waals surface area contributed by atoms with Gasteiger partial charge in [-0.15, -0.1) is 11.3 Å². The second kappa shape index (κ2) is 6.51. The smallest absolute Gasteiger partial charge is 0.241 e. The fraction of sp³-hybridized carbons (Fsp3) is 0.462. The average Bonchev–Trinajstić information content (AvgIpc) is 2.94. The van der Waals surface area contributed by atoms with E-state index in [2.05, 4.69) is 20.6 Å². The van der Waals surface area contributed by atoms with Crippen LogP contribution in [-0.2, 0) is 4.79 Å². The van der Waals surface area contributed by atoms with Gasteiger partial charge in [0.15, 0.2) is 0 Å². The molecule has 6 nitrogen and oxygen atoms in total. The average molecular weight is 293 g/mol. The summed E-state index contributed by atoms with van der Waals surface area (Å²) < 4.78 is 0. The molecule has 2 aromatic rings. The third-order valence-corrected chi connectivity index (χ3v) is 3.88. The van der Waals surface area contributed by atoms with Crippen molar-refractivity contribution in [3.05, 3.63) is 11.4 Å². The second-order valence-corrected chi connectivity index (χ2v) is 5.10. The fourth-order valence-corrected chi connectivity index (χ4v) is 2.71. The molecule has 0 atom stereocenters. The summed E-state index contributed by atoms with van der Waals surface area (Å²) in [6.45, 7) is 5.63. The van der Waals surface area contributed by atoms with Crippen molar-refractivity contribution in [3.8, 4) is 0 Å². The van der Waals surface area contributed by atoms with Gasteiger partial charge in [-0.3, -0.25) is 4.79 Å². The Morgan fingerprint density at radius 2 is 2.10 bits per heavy atom. The summed E-state index contributed by atoms with van der Waals surface area (Å²) in [4.78, 5) is 23.5. The molecule has 20 heavy (non-hydrogen) atoms. The van der Waals surface area contributed by atoms with Crippen LogP contribution in [0, 0.1) is 0 Å². The molecule has 0 aromatic carbocycles. The summed E-state index contributed by atoms with van der Waals surface area (Å²) >= 11 is 1.55. The van der Waals surface area contributed by atoms with Gasteiger partial charge in [0, 0.05) is 20.1 Å². The van der Waals surface area contributed by atoms with Gasteiger partial charge in [-0.1, -0.05) is 0 Å². The van der Waals surface area contributed by atoms with Crippen molar-refractivity contribution in [1.82, 2.24) is 14.9 Å². The number of anilines is 2. The number of hydrogen-bond donors (Lipinski definition) is 2. The van der Waals surface area contributed by atoms with E-state index in [1.54, 1.807) is 23.3 Å². The maximum absolute atomic E-state index is 12.0. The van der Waals surface area contributed by atoms with Crippen LogP contribution in [0.3, 0.4) is 0 Å². The van der Waals surface area contributed by atoms with Crippen LogP contribution in [0.1, 0.15) is 13.8 Å². The Kier molecular flexibility index (Phi) is 4.73. The Bertz CT molecular complexity index is 593. The van der Waals surface area contributed by atoms with Crippen LogP contribution in [0.15, 0.2) is 11.4 Å². The molecule has 2 N–H and O–H groups in total. The molecule has 108 valence electrons. The van der Waals surface area contributed by atoms with Crippen molar-refractivity contribution in [2.75, 3.05) is 37.3 Å². The topological polar surface area (TPSA) is 70.2 Å². The minimum absolute atomic E-state index is 0.0722. The molecule has 0 spiro atoms. The first-order valence-electron chi connectivity index (χ1n) is 6.64. The zero-order valence-corrected chi connectivity index (χ0v) is 12.8. The van der Waals surface area contributed by atoms with E-state index in [4.69, 9.17) is 0 Å². The Hall–Kier alpha value is -1.89. The van der Waals surface area contributed by atoms with Gasteiger partial charge in [0.05, 0.1) is 11.9 Å². The van der Waals surface area contributed by atoms with Gasteiger partial charge in [-0.2, -0.15) is 4.98 Å². The lowest BCUT2D eigenvalue weighted by Gasteiger charge is -2.19. The first-order chi connectivity index (χ1) is 9.69. The molecular formula is C13H19N5OS. The van der Waals surface area contributed by atoms with E-state index >= 15 is 0 Å². The molecule has 0 saturated carbocycles. The molecular weight excluding hydrogens is 274 g/mol. The van der Waals surface area contributed by atoms with Gasteiger partial charge in [-0.05, 0) is 25.3 Å². The highest BCUT2D eigenvalue weighted by Crippen LogP contribution is 2.26. The highest BCUT2D eigenvalue weighted by molar-refractivity contribution is 7.16. The van der Waals surface area contributed by atoms with Gasteiger partial charge in [0.1, 0.15) is 10.6 Å². The summed E-state index contributed by atoms with van der Waals surface area (Å²) in [5.74, 6) is 1.32. The largest absolute Gasteiger partial charge is 0.360 e. The third kappa shape index (κ3) is 2.98. The molecule has 0 aliphatic carbocycles. The van der Waals surface area contributed by atoms with E-state index in [0.717, 1.165) is 23.3 Å². The fourth-order valence-electron chi connectivity index (χ4n) is 1.95. The van der Waals surface area contributed by atoms with Crippen LogP contribution < -0.4 is 10.6 Å². The van der Waals surface area contributed by atoms with Crippen molar-refractivity contribution >= 4 is 39.2 Å². The minimum Gasteiger partial charge on any atom is -0.360 e. The van der Waals surface area contributed by atoms with Crippen molar-refractivity contribution in [1.29, 1.82) is 0 Å².